The Morgan fingerprint density at radius 1 is 1.00 bits per heavy atom. The van der Waals surface area contributed by atoms with Crippen molar-refractivity contribution in [2.75, 3.05) is 12.0 Å². The second kappa shape index (κ2) is 6.67. The molecular formula is C21H15F3N2O2. The van der Waals surface area contributed by atoms with Crippen molar-refractivity contribution in [3.8, 4) is 17.0 Å². The highest BCUT2D eigenvalue weighted by Gasteiger charge is 2.33. The minimum atomic E-state index is -4.42. The molecule has 0 spiro atoms. The molecule has 28 heavy (non-hydrogen) atoms. The van der Waals surface area contributed by atoms with E-state index in [2.05, 4.69) is 4.98 Å². The summed E-state index contributed by atoms with van der Waals surface area (Å²) in [4.78, 5) is 18.7. The number of hydrogen-bond acceptors (Lipinski definition) is 3. The summed E-state index contributed by atoms with van der Waals surface area (Å²) < 4.78 is 43.8. The summed E-state index contributed by atoms with van der Waals surface area (Å²) in [6, 6.07) is 13.5. The molecule has 2 aromatic carbocycles. The molecule has 0 saturated heterocycles. The summed E-state index contributed by atoms with van der Waals surface area (Å²) in [5.74, 6) is 0.358. The molecule has 0 N–H and O–H groups in total. The molecule has 2 heterocycles. The summed E-state index contributed by atoms with van der Waals surface area (Å²) >= 11 is 0. The van der Waals surface area contributed by atoms with Crippen LogP contribution in [0.2, 0.25) is 0 Å². The third-order valence-electron chi connectivity index (χ3n) is 4.72. The van der Waals surface area contributed by atoms with Gasteiger partial charge in [0, 0.05) is 28.6 Å². The zero-order valence-electron chi connectivity index (χ0n) is 14.8. The Bertz CT molecular complexity index is 1050. The second-order valence-corrected chi connectivity index (χ2v) is 6.32. The van der Waals surface area contributed by atoms with Crippen LogP contribution in [-0.2, 0) is 12.7 Å². The molecule has 4 rings (SSSR count). The van der Waals surface area contributed by atoms with E-state index in [1.54, 1.807) is 25.4 Å². The lowest BCUT2D eigenvalue weighted by Crippen LogP contribution is -2.23. The number of alkyl halides is 3. The number of nitrogens with zero attached hydrogens (tertiary/aromatic N) is 2. The van der Waals surface area contributed by atoms with Crippen LogP contribution in [0.4, 0.5) is 18.9 Å². The minimum Gasteiger partial charge on any atom is -0.496 e. The third kappa shape index (κ3) is 2.98. The van der Waals surface area contributed by atoms with E-state index < -0.39 is 11.7 Å². The number of benzene rings is 2. The smallest absolute Gasteiger partial charge is 0.416 e. The fraction of sp³-hybridized carbons (Fsp3) is 0.143. The number of anilines is 1. The number of amides is 1. The van der Waals surface area contributed by atoms with E-state index in [0.29, 0.717) is 22.7 Å². The second-order valence-electron chi connectivity index (χ2n) is 6.32. The molecule has 0 radical (unpaired) electrons. The van der Waals surface area contributed by atoms with Gasteiger partial charge in [0.1, 0.15) is 5.75 Å². The first-order chi connectivity index (χ1) is 13.4. The van der Waals surface area contributed by atoms with Crippen molar-refractivity contribution in [1.29, 1.82) is 0 Å². The number of carbonyl (C=O) groups is 1. The van der Waals surface area contributed by atoms with Gasteiger partial charge >= 0.3 is 6.18 Å². The number of para-hydroxylation sites is 1. The Morgan fingerprint density at radius 3 is 2.39 bits per heavy atom. The molecule has 0 bridgehead atoms. The molecule has 3 aromatic rings. The number of pyridine rings is 1. The predicted octanol–water partition coefficient (Wildman–Crippen LogP) is 4.94. The van der Waals surface area contributed by atoms with E-state index >= 15 is 0 Å². The van der Waals surface area contributed by atoms with Crippen molar-refractivity contribution in [2.24, 2.45) is 0 Å². The first-order valence-corrected chi connectivity index (χ1v) is 8.50. The molecule has 0 atom stereocenters. The van der Waals surface area contributed by atoms with Crippen molar-refractivity contribution in [2.45, 2.75) is 12.7 Å². The number of carbonyl (C=O) groups excluding carboxylic acids is 1. The standard InChI is InChI=1S/C21H15F3N2O2/c1-28-18-5-3-2-4-16(18)19-17-12-26(20(27)15(17)10-11-25-19)14-8-6-13(7-9-14)21(22,23)24/h2-11H,12H2,1H3. The van der Waals surface area contributed by atoms with Crippen LogP contribution in [0.3, 0.4) is 0 Å². The fourth-order valence-corrected chi connectivity index (χ4v) is 3.34. The van der Waals surface area contributed by atoms with Gasteiger partial charge in [-0.3, -0.25) is 9.78 Å². The molecule has 7 heteroatoms. The molecule has 142 valence electrons. The monoisotopic (exact) mass is 384 g/mol. The van der Waals surface area contributed by atoms with Gasteiger partial charge in [-0.15, -0.1) is 0 Å². The van der Waals surface area contributed by atoms with Crippen molar-refractivity contribution < 1.29 is 22.7 Å². The van der Waals surface area contributed by atoms with Gasteiger partial charge in [-0.2, -0.15) is 13.2 Å². The molecule has 0 fully saturated rings. The van der Waals surface area contributed by atoms with Crippen molar-refractivity contribution >= 4 is 11.6 Å². The highest BCUT2D eigenvalue weighted by Crippen LogP contribution is 2.38. The van der Waals surface area contributed by atoms with E-state index in [1.165, 1.54) is 17.0 Å². The lowest BCUT2D eigenvalue weighted by molar-refractivity contribution is -0.137. The quantitative estimate of drug-likeness (QED) is 0.643. The number of methoxy groups -OCH3 is 1. The maximum atomic E-state index is 12.9. The Morgan fingerprint density at radius 2 is 1.71 bits per heavy atom. The number of aromatic nitrogens is 1. The van der Waals surface area contributed by atoms with Crippen molar-refractivity contribution in [3.05, 3.63) is 77.5 Å². The van der Waals surface area contributed by atoms with Gasteiger partial charge in [-0.25, -0.2) is 0 Å². The predicted molar refractivity (Wildman–Crippen MR) is 98.2 cm³/mol. The van der Waals surface area contributed by atoms with E-state index in [0.717, 1.165) is 23.3 Å². The van der Waals surface area contributed by atoms with E-state index in [1.807, 2.05) is 18.2 Å². The number of ether oxygens (including phenoxy) is 1. The van der Waals surface area contributed by atoms with Crippen LogP contribution >= 0.6 is 0 Å². The molecular weight excluding hydrogens is 369 g/mol. The van der Waals surface area contributed by atoms with Crippen molar-refractivity contribution in [3.63, 3.8) is 0 Å². The van der Waals surface area contributed by atoms with E-state index in [-0.39, 0.29) is 12.5 Å². The highest BCUT2D eigenvalue weighted by molar-refractivity contribution is 6.11. The van der Waals surface area contributed by atoms with Crippen LogP contribution in [0.15, 0.2) is 60.8 Å². The molecule has 1 aromatic heterocycles. The molecule has 1 amide bonds. The van der Waals surface area contributed by atoms with Gasteiger partial charge in [0.2, 0.25) is 0 Å². The normalized spacial score (nSPS) is 13.6. The molecule has 0 unspecified atom stereocenters. The van der Waals surface area contributed by atoms with Crippen LogP contribution < -0.4 is 9.64 Å². The maximum absolute atomic E-state index is 12.9. The summed E-state index contributed by atoms with van der Waals surface area (Å²) in [5.41, 5.74) is 2.23. The SMILES string of the molecule is COc1ccccc1-c1nccc2c1CN(c1ccc(C(F)(F)F)cc1)C2=O. The number of halogens is 3. The van der Waals surface area contributed by atoms with Gasteiger partial charge in [0.05, 0.1) is 24.9 Å². The highest BCUT2D eigenvalue weighted by atomic mass is 19.4. The Kier molecular flexibility index (Phi) is 4.30. The molecule has 0 aliphatic carbocycles. The van der Waals surface area contributed by atoms with Gasteiger partial charge in [0.15, 0.2) is 0 Å². The van der Waals surface area contributed by atoms with Crippen molar-refractivity contribution in [1.82, 2.24) is 4.98 Å². The maximum Gasteiger partial charge on any atom is 0.416 e. The summed E-state index contributed by atoms with van der Waals surface area (Å²) in [6.07, 6.45) is -2.87. The number of rotatable bonds is 3. The zero-order valence-corrected chi connectivity index (χ0v) is 14.8. The molecule has 0 saturated carbocycles. The van der Waals surface area contributed by atoms with Crippen LogP contribution in [0.25, 0.3) is 11.3 Å². The van der Waals surface area contributed by atoms with E-state index in [9.17, 15) is 18.0 Å². The summed E-state index contributed by atoms with van der Waals surface area (Å²) in [6.45, 7) is 0.223. The Balaban J connectivity index is 1.73. The third-order valence-corrected chi connectivity index (χ3v) is 4.72. The van der Waals surface area contributed by atoms with Gasteiger partial charge in [-0.05, 0) is 42.5 Å². The summed E-state index contributed by atoms with van der Waals surface area (Å²) in [7, 11) is 1.56. The molecule has 4 nitrogen and oxygen atoms in total. The average Bonchev–Trinajstić information content (AvgIpc) is 3.04. The number of hydrogen-bond donors (Lipinski definition) is 0. The van der Waals surface area contributed by atoms with Gasteiger partial charge in [-0.1, -0.05) is 12.1 Å². The lowest BCUT2D eigenvalue weighted by Gasteiger charge is -2.17. The van der Waals surface area contributed by atoms with Crippen LogP contribution in [0.1, 0.15) is 21.5 Å². The molecule has 1 aliphatic rings. The first-order valence-electron chi connectivity index (χ1n) is 8.50. The van der Waals surface area contributed by atoms with E-state index in [4.69, 9.17) is 4.74 Å². The molecule has 1 aliphatic heterocycles. The lowest BCUT2D eigenvalue weighted by atomic mass is 10.0. The summed E-state index contributed by atoms with van der Waals surface area (Å²) in [5, 5.41) is 0. The zero-order chi connectivity index (χ0) is 19.9. The van der Waals surface area contributed by atoms with Gasteiger partial charge in [0.25, 0.3) is 5.91 Å². The van der Waals surface area contributed by atoms with Gasteiger partial charge < -0.3 is 9.64 Å². The van der Waals surface area contributed by atoms with Crippen LogP contribution in [-0.4, -0.2) is 18.0 Å². The fourth-order valence-electron chi connectivity index (χ4n) is 3.34. The average molecular weight is 384 g/mol. The Hall–Kier alpha value is -3.35. The topological polar surface area (TPSA) is 42.4 Å². The minimum absolute atomic E-state index is 0.223. The van der Waals surface area contributed by atoms with Crippen LogP contribution in [0, 0.1) is 0 Å². The van der Waals surface area contributed by atoms with Crippen LogP contribution in [0.5, 0.6) is 5.75 Å². The Labute approximate surface area is 159 Å². The first kappa shape index (κ1) is 18.0. The largest absolute Gasteiger partial charge is 0.496 e. The number of fused-ring (bicyclic) bond motifs is 1.